The lowest BCUT2D eigenvalue weighted by Gasteiger charge is -2.19. The summed E-state index contributed by atoms with van der Waals surface area (Å²) in [7, 11) is 3.38. The van der Waals surface area contributed by atoms with Crippen LogP contribution in [0, 0.1) is 0 Å². The molecular weight excluding hydrogens is 354 g/mol. The predicted octanol–water partition coefficient (Wildman–Crippen LogP) is 3.52. The zero-order valence-corrected chi connectivity index (χ0v) is 17.1. The average Bonchev–Trinajstić information content (AvgIpc) is 2.73. The van der Waals surface area contributed by atoms with E-state index in [4.69, 9.17) is 4.74 Å². The minimum atomic E-state index is -0.154. The first-order valence-corrected chi connectivity index (χ1v) is 9.48. The number of rotatable bonds is 8. The number of hydrogen-bond acceptors (Lipinski definition) is 3. The van der Waals surface area contributed by atoms with Gasteiger partial charge in [0, 0.05) is 38.8 Å². The molecule has 150 valence electrons. The van der Waals surface area contributed by atoms with Gasteiger partial charge in [0.2, 0.25) is 0 Å². The fraction of sp³-hybridized carbons (Fsp3) is 0.364. The van der Waals surface area contributed by atoms with Gasteiger partial charge in [-0.05, 0) is 49.2 Å². The van der Waals surface area contributed by atoms with Gasteiger partial charge in [-0.3, -0.25) is 4.79 Å². The number of urea groups is 1. The molecule has 3 amide bonds. The Hall–Kier alpha value is -3.02. The van der Waals surface area contributed by atoms with Crippen LogP contribution in [-0.2, 0) is 13.1 Å². The number of carbonyl (C=O) groups excluding carboxylic acids is 2. The molecule has 0 heterocycles. The van der Waals surface area contributed by atoms with Crippen molar-refractivity contribution >= 4 is 11.9 Å². The van der Waals surface area contributed by atoms with Crippen molar-refractivity contribution in [3.8, 4) is 5.75 Å². The molecule has 0 spiro atoms. The van der Waals surface area contributed by atoms with Crippen LogP contribution < -0.4 is 10.1 Å². The van der Waals surface area contributed by atoms with Crippen LogP contribution in [0.5, 0.6) is 5.75 Å². The molecule has 0 aliphatic heterocycles. The zero-order chi connectivity index (χ0) is 20.5. The molecule has 0 atom stereocenters. The minimum Gasteiger partial charge on any atom is -0.497 e. The number of amides is 3. The normalized spacial score (nSPS) is 10.3. The van der Waals surface area contributed by atoms with E-state index < -0.39 is 0 Å². The second-order valence-corrected chi connectivity index (χ2v) is 6.54. The van der Waals surface area contributed by atoms with Crippen molar-refractivity contribution < 1.29 is 14.3 Å². The molecular formula is C22H29N3O3. The second-order valence-electron chi connectivity index (χ2n) is 6.54. The molecule has 0 unspecified atom stereocenters. The van der Waals surface area contributed by atoms with Gasteiger partial charge in [0.25, 0.3) is 5.91 Å². The number of benzene rings is 2. The molecule has 0 aliphatic carbocycles. The molecule has 0 radical (unpaired) electrons. The first-order chi connectivity index (χ1) is 13.5. The highest BCUT2D eigenvalue weighted by molar-refractivity contribution is 5.94. The van der Waals surface area contributed by atoms with Crippen molar-refractivity contribution in [1.82, 2.24) is 15.1 Å². The van der Waals surface area contributed by atoms with Gasteiger partial charge in [0.05, 0.1) is 7.11 Å². The van der Waals surface area contributed by atoms with E-state index in [0.29, 0.717) is 31.7 Å². The summed E-state index contributed by atoms with van der Waals surface area (Å²) in [5.74, 6) is 0.818. The molecule has 0 fully saturated rings. The monoisotopic (exact) mass is 383 g/mol. The van der Waals surface area contributed by atoms with Gasteiger partial charge in [-0.15, -0.1) is 0 Å². The lowest BCUT2D eigenvalue weighted by atomic mass is 10.1. The first-order valence-electron chi connectivity index (χ1n) is 9.48. The van der Waals surface area contributed by atoms with E-state index in [2.05, 4.69) is 5.32 Å². The molecule has 6 heteroatoms. The van der Waals surface area contributed by atoms with Crippen molar-refractivity contribution in [2.45, 2.75) is 26.9 Å². The van der Waals surface area contributed by atoms with Crippen LogP contribution >= 0.6 is 0 Å². The van der Waals surface area contributed by atoms with Crippen LogP contribution in [0.4, 0.5) is 4.79 Å². The molecule has 2 aromatic rings. The third kappa shape index (κ3) is 5.74. The van der Waals surface area contributed by atoms with Crippen molar-refractivity contribution in [2.75, 3.05) is 27.2 Å². The summed E-state index contributed by atoms with van der Waals surface area (Å²) in [4.78, 5) is 28.1. The summed E-state index contributed by atoms with van der Waals surface area (Å²) in [5.41, 5.74) is 2.63. The standard InChI is InChI=1S/C22H29N3O3/c1-5-25(6-2)21(26)19-11-7-17(8-12-19)15-23-22(27)24(3)16-18-9-13-20(28-4)14-10-18/h7-14H,5-6,15-16H2,1-4H3,(H,23,27). The van der Waals surface area contributed by atoms with Gasteiger partial charge in [-0.25, -0.2) is 4.79 Å². The Kier molecular flexibility index (Phi) is 7.87. The summed E-state index contributed by atoms with van der Waals surface area (Å²) in [6, 6.07) is 14.8. The summed E-state index contributed by atoms with van der Waals surface area (Å²) in [5, 5.41) is 2.90. The molecule has 0 bridgehead atoms. The molecule has 0 saturated heterocycles. The van der Waals surface area contributed by atoms with E-state index in [0.717, 1.165) is 16.9 Å². The quantitative estimate of drug-likeness (QED) is 0.759. The number of nitrogens with zero attached hydrogens (tertiary/aromatic N) is 2. The van der Waals surface area contributed by atoms with Crippen LogP contribution in [0.25, 0.3) is 0 Å². The maximum Gasteiger partial charge on any atom is 0.317 e. The predicted molar refractivity (Wildman–Crippen MR) is 110 cm³/mol. The Bertz CT molecular complexity index is 769. The van der Waals surface area contributed by atoms with Gasteiger partial charge >= 0.3 is 6.03 Å². The summed E-state index contributed by atoms with van der Waals surface area (Å²) >= 11 is 0. The highest BCUT2D eigenvalue weighted by Gasteiger charge is 2.12. The first kappa shape index (κ1) is 21.3. The molecule has 0 aliphatic rings. The maximum atomic E-state index is 12.3. The number of methoxy groups -OCH3 is 1. The van der Waals surface area contributed by atoms with Crippen LogP contribution in [0.15, 0.2) is 48.5 Å². The molecule has 28 heavy (non-hydrogen) atoms. The highest BCUT2D eigenvalue weighted by atomic mass is 16.5. The van der Waals surface area contributed by atoms with E-state index in [1.165, 1.54) is 0 Å². The van der Waals surface area contributed by atoms with Gasteiger partial charge < -0.3 is 19.9 Å². The Balaban J connectivity index is 1.86. The van der Waals surface area contributed by atoms with Gasteiger partial charge in [-0.1, -0.05) is 24.3 Å². The molecule has 2 aromatic carbocycles. The molecule has 0 saturated carbocycles. The maximum absolute atomic E-state index is 12.3. The number of hydrogen-bond donors (Lipinski definition) is 1. The van der Waals surface area contributed by atoms with Gasteiger partial charge in [0.1, 0.15) is 5.75 Å². The smallest absolute Gasteiger partial charge is 0.317 e. The van der Waals surface area contributed by atoms with Crippen LogP contribution in [0.1, 0.15) is 35.3 Å². The van der Waals surface area contributed by atoms with Crippen molar-refractivity contribution in [3.05, 3.63) is 65.2 Å². The molecule has 1 N–H and O–H groups in total. The van der Waals surface area contributed by atoms with Crippen molar-refractivity contribution in [2.24, 2.45) is 0 Å². The Morgan fingerprint density at radius 2 is 1.50 bits per heavy atom. The Labute approximate surface area is 167 Å². The van der Waals surface area contributed by atoms with Crippen LogP contribution in [-0.4, -0.2) is 49.0 Å². The molecule has 2 rings (SSSR count). The van der Waals surface area contributed by atoms with Crippen molar-refractivity contribution in [3.63, 3.8) is 0 Å². The molecule has 0 aromatic heterocycles. The topological polar surface area (TPSA) is 61.9 Å². The fourth-order valence-corrected chi connectivity index (χ4v) is 2.85. The van der Waals surface area contributed by atoms with Crippen LogP contribution in [0.2, 0.25) is 0 Å². The number of ether oxygens (including phenoxy) is 1. The van der Waals surface area contributed by atoms with Crippen molar-refractivity contribution in [1.29, 1.82) is 0 Å². The lowest BCUT2D eigenvalue weighted by Crippen LogP contribution is -2.36. The zero-order valence-electron chi connectivity index (χ0n) is 17.1. The average molecular weight is 383 g/mol. The third-order valence-electron chi connectivity index (χ3n) is 4.62. The summed E-state index contributed by atoms with van der Waals surface area (Å²) < 4.78 is 5.14. The van der Waals surface area contributed by atoms with E-state index in [1.54, 1.807) is 24.0 Å². The van der Waals surface area contributed by atoms with E-state index in [9.17, 15) is 9.59 Å². The number of carbonyl (C=O) groups is 2. The Morgan fingerprint density at radius 1 is 0.929 bits per heavy atom. The minimum absolute atomic E-state index is 0.0276. The SMILES string of the molecule is CCN(CC)C(=O)c1ccc(CNC(=O)N(C)Cc2ccc(OC)cc2)cc1. The van der Waals surface area contributed by atoms with Gasteiger partial charge in [-0.2, -0.15) is 0 Å². The lowest BCUT2D eigenvalue weighted by molar-refractivity contribution is 0.0773. The molecule has 6 nitrogen and oxygen atoms in total. The fourth-order valence-electron chi connectivity index (χ4n) is 2.85. The largest absolute Gasteiger partial charge is 0.497 e. The summed E-state index contributed by atoms with van der Waals surface area (Å²) in [6.45, 7) is 6.22. The summed E-state index contributed by atoms with van der Waals surface area (Å²) in [6.07, 6.45) is 0. The highest BCUT2D eigenvalue weighted by Crippen LogP contribution is 2.13. The van der Waals surface area contributed by atoms with E-state index in [1.807, 2.05) is 62.4 Å². The van der Waals surface area contributed by atoms with Gasteiger partial charge in [0.15, 0.2) is 0 Å². The number of nitrogens with one attached hydrogen (secondary N) is 1. The van der Waals surface area contributed by atoms with E-state index in [-0.39, 0.29) is 11.9 Å². The van der Waals surface area contributed by atoms with E-state index >= 15 is 0 Å². The third-order valence-corrected chi connectivity index (χ3v) is 4.62. The van der Waals surface area contributed by atoms with Crippen LogP contribution in [0.3, 0.4) is 0 Å². The Morgan fingerprint density at radius 3 is 2.04 bits per heavy atom. The second kappa shape index (κ2) is 10.3.